The van der Waals surface area contributed by atoms with E-state index < -0.39 is 36.7 Å². The Labute approximate surface area is 377 Å². The van der Waals surface area contributed by atoms with Crippen LogP contribution in [0.3, 0.4) is 0 Å². The largest absolute Gasteiger partial charge is 0.395 e. The molecule has 6 heterocycles. The van der Waals surface area contributed by atoms with Gasteiger partial charge in [-0.2, -0.15) is 23.4 Å². The number of piperidine rings is 1. The first-order chi connectivity index (χ1) is 31.7. The van der Waals surface area contributed by atoms with E-state index in [9.17, 15) is 46.2 Å². The van der Waals surface area contributed by atoms with Gasteiger partial charge in [-0.25, -0.2) is 23.1 Å². The van der Waals surface area contributed by atoms with Crippen molar-refractivity contribution in [3.05, 3.63) is 70.2 Å². The van der Waals surface area contributed by atoms with Crippen molar-refractivity contribution in [2.75, 3.05) is 69.7 Å². The fourth-order valence-corrected chi connectivity index (χ4v) is 8.33. The lowest BCUT2D eigenvalue weighted by atomic mass is 9.96. The van der Waals surface area contributed by atoms with Crippen LogP contribution in [-0.4, -0.2) is 132 Å². The van der Waals surface area contributed by atoms with Crippen LogP contribution in [0.25, 0.3) is 16.7 Å². The molecule has 8 rings (SSSR count). The molecule has 22 heteroatoms. The molecule has 356 valence electrons. The molecule has 0 spiro atoms. The number of nitrogens with one attached hydrogen (secondary N) is 2. The number of fused-ring (bicyclic) bond motifs is 2. The van der Waals surface area contributed by atoms with Crippen LogP contribution in [0.15, 0.2) is 47.7 Å². The Morgan fingerprint density at radius 1 is 1.00 bits per heavy atom. The number of para-hydroxylation sites is 1. The van der Waals surface area contributed by atoms with E-state index in [2.05, 4.69) is 54.5 Å². The minimum absolute atomic E-state index is 0.00367. The second kappa shape index (κ2) is 22.8. The van der Waals surface area contributed by atoms with Gasteiger partial charge in [0.1, 0.15) is 17.4 Å². The van der Waals surface area contributed by atoms with Crippen molar-refractivity contribution in [2.24, 2.45) is 7.05 Å². The summed E-state index contributed by atoms with van der Waals surface area (Å²) in [6.45, 7) is 4.20. The number of aryl methyl sites for hydroxylation is 1. The number of piperazine rings is 1. The Balaban J connectivity index is 0.000000203. The SMILES string of the molecule is CCCN(CCO)c1ccn2ncc(C(=O)Nc3cn(C4CCCCC4)nc3C(F)F)c2n1.CN1CCN(CC#Cc2cccc3c2n(C)c(=O)n3C2CCC(=O)NC2=O)CC1.FC(F)F. The molecule has 1 atom stereocenters. The molecule has 1 unspecified atom stereocenters. The zero-order chi connectivity index (χ0) is 47.5. The van der Waals surface area contributed by atoms with Crippen LogP contribution in [0.1, 0.15) is 98.4 Å². The van der Waals surface area contributed by atoms with E-state index in [-0.39, 0.29) is 41.9 Å². The molecule has 2 saturated heterocycles. The van der Waals surface area contributed by atoms with Gasteiger partial charge >= 0.3 is 12.4 Å². The summed E-state index contributed by atoms with van der Waals surface area (Å²) in [5, 5.41) is 22.5. The van der Waals surface area contributed by atoms with Gasteiger partial charge in [0.05, 0.1) is 47.7 Å². The second-order valence-electron chi connectivity index (χ2n) is 16.3. The third kappa shape index (κ3) is 12.0. The van der Waals surface area contributed by atoms with Gasteiger partial charge < -0.3 is 20.2 Å². The predicted octanol–water partition coefficient (Wildman–Crippen LogP) is 4.92. The molecular formula is C44H55F5N12O5. The minimum atomic E-state index is -3.67. The van der Waals surface area contributed by atoms with Gasteiger partial charge in [-0.1, -0.05) is 44.1 Å². The normalized spacial score (nSPS) is 17.2. The third-order valence-electron chi connectivity index (χ3n) is 11.7. The van der Waals surface area contributed by atoms with Crippen LogP contribution in [-0.2, 0) is 16.6 Å². The summed E-state index contributed by atoms with van der Waals surface area (Å²) in [5.41, 5.74) is 1.92. The van der Waals surface area contributed by atoms with Crippen molar-refractivity contribution in [3.63, 3.8) is 0 Å². The number of imide groups is 1. The smallest absolute Gasteiger partial charge is 0.379 e. The number of halogens is 5. The number of aliphatic hydroxyl groups excluding tert-OH is 1. The fraction of sp³-hybridized carbons (Fsp3) is 0.523. The fourth-order valence-electron chi connectivity index (χ4n) is 8.33. The summed E-state index contributed by atoms with van der Waals surface area (Å²) >= 11 is 0. The number of carbonyl (C=O) groups excluding carboxylic acids is 3. The summed E-state index contributed by atoms with van der Waals surface area (Å²) < 4.78 is 62.4. The molecule has 17 nitrogen and oxygen atoms in total. The Bertz CT molecular complexity index is 2580. The number of likely N-dealkylation sites (N-methyl/N-ethyl adjacent to an activating group) is 1. The molecule has 3 N–H and O–H groups in total. The lowest BCUT2D eigenvalue weighted by Crippen LogP contribution is -2.44. The number of nitrogens with zero attached hydrogens (tertiary/aromatic N) is 10. The number of carbonyl (C=O) groups is 3. The second-order valence-corrected chi connectivity index (χ2v) is 16.3. The highest BCUT2D eigenvalue weighted by atomic mass is 19.4. The predicted molar refractivity (Wildman–Crippen MR) is 236 cm³/mol. The summed E-state index contributed by atoms with van der Waals surface area (Å²) in [7, 11) is 3.82. The minimum Gasteiger partial charge on any atom is -0.395 e. The maximum Gasteiger partial charge on any atom is 0.379 e. The molecule has 4 aromatic heterocycles. The molecular weight excluding hydrogens is 872 g/mol. The highest BCUT2D eigenvalue weighted by Crippen LogP contribution is 2.33. The van der Waals surface area contributed by atoms with Crippen molar-refractivity contribution in [1.29, 1.82) is 0 Å². The number of hydrogen-bond donors (Lipinski definition) is 3. The van der Waals surface area contributed by atoms with Crippen molar-refractivity contribution >= 4 is 45.9 Å². The van der Waals surface area contributed by atoms with Crippen LogP contribution >= 0.6 is 0 Å². The number of aromatic nitrogens is 7. The van der Waals surface area contributed by atoms with Gasteiger partial charge in [-0.15, -0.1) is 0 Å². The first kappa shape index (κ1) is 49.3. The van der Waals surface area contributed by atoms with Crippen molar-refractivity contribution < 1.29 is 41.4 Å². The van der Waals surface area contributed by atoms with Gasteiger partial charge in [-0.3, -0.25) is 38.4 Å². The van der Waals surface area contributed by atoms with E-state index >= 15 is 0 Å². The van der Waals surface area contributed by atoms with Gasteiger partial charge in [0, 0.05) is 65.1 Å². The summed E-state index contributed by atoms with van der Waals surface area (Å²) in [4.78, 5) is 60.9. The van der Waals surface area contributed by atoms with E-state index in [0.29, 0.717) is 48.6 Å². The zero-order valence-electron chi connectivity index (χ0n) is 37.1. The summed E-state index contributed by atoms with van der Waals surface area (Å²) in [6.07, 6.45) is 8.15. The molecule has 1 aliphatic carbocycles. The molecule has 0 bridgehead atoms. The van der Waals surface area contributed by atoms with Gasteiger partial charge in [-0.05, 0) is 50.9 Å². The highest BCUT2D eigenvalue weighted by molar-refractivity contribution is 6.08. The van der Waals surface area contributed by atoms with Crippen LogP contribution in [0.2, 0.25) is 0 Å². The Kier molecular flexibility index (Phi) is 17.0. The first-order valence-corrected chi connectivity index (χ1v) is 21.9. The maximum absolute atomic E-state index is 13.7. The van der Waals surface area contributed by atoms with E-state index in [1.54, 1.807) is 28.6 Å². The average molecular weight is 927 g/mol. The van der Waals surface area contributed by atoms with E-state index in [1.165, 1.54) is 21.5 Å². The van der Waals surface area contributed by atoms with Gasteiger partial charge in [0.25, 0.3) is 12.3 Å². The van der Waals surface area contributed by atoms with Crippen LogP contribution in [0.4, 0.5) is 33.5 Å². The monoisotopic (exact) mass is 926 g/mol. The van der Waals surface area contributed by atoms with Crippen LogP contribution < -0.4 is 21.2 Å². The molecule has 3 fully saturated rings. The lowest BCUT2D eigenvalue weighted by molar-refractivity contribution is -0.135. The van der Waals surface area contributed by atoms with E-state index in [1.807, 2.05) is 30.0 Å². The number of aliphatic hydroxyl groups is 1. The number of hydrogen-bond acceptors (Lipinski definition) is 11. The quantitative estimate of drug-likeness (QED) is 0.0930. The van der Waals surface area contributed by atoms with Crippen molar-refractivity contribution in [1.82, 2.24) is 48.6 Å². The van der Waals surface area contributed by atoms with Crippen LogP contribution in [0.5, 0.6) is 0 Å². The summed E-state index contributed by atoms with van der Waals surface area (Å²) in [6, 6.07) is 6.72. The Morgan fingerprint density at radius 3 is 2.39 bits per heavy atom. The summed E-state index contributed by atoms with van der Waals surface area (Å²) in [5.74, 6) is 5.75. The molecule has 2 aliphatic heterocycles. The number of benzene rings is 1. The molecule has 3 aliphatic rings. The number of amides is 3. The number of rotatable bonds is 11. The lowest BCUT2D eigenvalue weighted by Gasteiger charge is -2.30. The zero-order valence-corrected chi connectivity index (χ0v) is 37.1. The van der Waals surface area contributed by atoms with Gasteiger partial charge in [0.15, 0.2) is 11.3 Å². The molecule has 66 heavy (non-hydrogen) atoms. The number of imidazole rings is 1. The van der Waals surface area contributed by atoms with Crippen LogP contribution in [0, 0.1) is 11.8 Å². The number of anilines is 2. The topological polar surface area (TPSA) is 180 Å². The van der Waals surface area contributed by atoms with Crippen molar-refractivity contribution in [2.45, 2.75) is 83.5 Å². The third-order valence-corrected chi connectivity index (χ3v) is 11.7. The number of alkyl halides is 5. The molecule has 1 saturated carbocycles. The van der Waals surface area contributed by atoms with E-state index in [0.717, 1.165) is 70.3 Å². The maximum atomic E-state index is 13.7. The molecule has 0 radical (unpaired) electrons. The van der Waals surface area contributed by atoms with Gasteiger partial charge in [0.2, 0.25) is 11.8 Å². The first-order valence-electron chi connectivity index (χ1n) is 21.9. The van der Waals surface area contributed by atoms with Crippen molar-refractivity contribution in [3.8, 4) is 11.8 Å². The van der Waals surface area contributed by atoms with E-state index in [4.69, 9.17) is 0 Å². The highest BCUT2D eigenvalue weighted by Gasteiger charge is 2.32. The molecule has 1 aromatic carbocycles. The molecule has 5 aromatic rings. The molecule has 3 amide bonds. The Hall–Kier alpha value is -6.18. The Morgan fingerprint density at radius 2 is 1.73 bits per heavy atom. The standard InChI is InChI=1S/C22H29F2N7O2.C21H25N5O3.CHF3/c1-2-9-29(11-12-32)18-8-10-30-21(27-18)16(13-25-30)22(33)26-17-14-31(28-19(17)20(23)24)15-6-4-3-5-7-15;1-23-11-13-25(14-12-23)10-4-6-15-5-3-7-16-19(15)24(2)21(29)26(16)17-8-9-18(27)22-20(17)28;2-1(3)4/h8,10,13-15,20,32H,2-7,9,11-12H2,1H3,(H,26,33);3,5,7,17H,8-14H2,1-2H3,(H,22,27,28);1H. The average Bonchev–Trinajstić information content (AvgIpc) is 3.99.